The third-order valence-corrected chi connectivity index (χ3v) is 4.06. The second kappa shape index (κ2) is 5.15. The van der Waals surface area contributed by atoms with Gasteiger partial charge in [-0.15, -0.1) is 10.2 Å². The molecule has 5 heteroatoms. The molecule has 0 saturated heterocycles. The average molecular weight is 260 g/mol. The fraction of sp³-hybridized carbons (Fsp3) is 0.643. The van der Waals surface area contributed by atoms with Crippen LogP contribution in [0.25, 0.3) is 0 Å². The molecule has 3 rings (SSSR count). The first-order chi connectivity index (χ1) is 9.25. The van der Waals surface area contributed by atoms with Gasteiger partial charge in [0.2, 0.25) is 5.91 Å². The molecule has 102 valence electrons. The third-order valence-electron chi connectivity index (χ3n) is 4.06. The highest BCUT2D eigenvalue weighted by molar-refractivity contribution is 5.78. The Bertz CT molecular complexity index is 506. The van der Waals surface area contributed by atoms with Gasteiger partial charge >= 0.3 is 0 Å². The van der Waals surface area contributed by atoms with Gasteiger partial charge in [0.15, 0.2) is 5.82 Å². The van der Waals surface area contributed by atoms with Gasteiger partial charge in [-0.05, 0) is 25.7 Å². The maximum Gasteiger partial charge on any atom is 0.226 e. The standard InChI is InChI=1S/C14H20N4O/c1-17(14(19)11-6-3-2-4-7-11)10-13-16-15-12-8-5-9-18(12)13/h2-3,11H,4-10H2,1H3. The predicted molar refractivity (Wildman–Crippen MR) is 71.3 cm³/mol. The molecular weight excluding hydrogens is 240 g/mol. The number of aryl methyl sites for hydroxylation is 1. The number of aromatic nitrogens is 3. The van der Waals surface area contributed by atoms with Crippen LogP contribution in [0.15, 0.2) is 12.2 Å². The van der Waals surface area contributed by atoms with E-state index in [2.05, 4.69) is 26.9 Å². The molecule has 1 atom stereocenters. The van der Waals surface area contributed by atoms with Crippen LogP contribution in [0.3, 0.4) is 0 Å². The molecule has 19 heavy (non-hydrogen) atoms. The molecule has 1 aliphatic carbocycles. The van der Waals surface area contributed by atoms with Crippen molar-refractivity contribution in [1.29, 1.82) is 0 Å². The molecule has 0 spiro atoms. The van der Waals surface area contributed by atoms with E-state index in [1.807, 2.05) is 7.05 Å². The molecule has 2 aliphatic rings. The van der Waals surface area contributed by atoms with Crippen molar-refractivity contribution in [1.82, 2.24) is 19.7 Å². The molecule has 1 aromatic rings. The Labute approximate surface area is 113 Å². The Balaban J connectivity index is 1.65. The molecular formula is C14H20N4O. The van der Waals surface area contributed by atoms with Crippen LogP contribution in [0.4, 0.5) is 0 Å². The largest absolute Gasteiger partial charge is 0.338 e. The van der Waals surface area contributed by atoms with E-state index in [4.69, 9.17) is 0 Å². The van der Waals surface area contributed by atoms with E-state index in [1.165, 1.54) is 0 Å². The number of amides is 1. The molecule has 1 unspecified atom stereocenters. The van der Waals surface area contributed by atoms with Crippen molar-refractivity contribution in [2.24, 2.45) is 5.92 Å². The molecule has 0 bridgehead atoms. The zero-order chi connectivity index (χ0) is 13.2. The minimum Gasteiger partial charge on any atom is -0.338 e. The van der Waals surface area contributed by atoms with E-state index in [1.54, 1.807) is 4.90 Å². The van der Waals surface area contributed by atoms with Gasteiger partial charge in [-0.1, -0.05) is 12.2 Å². The summed E-state index contributed by atoms with van der Waals surface area (Å²) in [4.78, 5) is 14.2. The van der Waals surface area contributed by atoms with Crippen LogP contribution in [0.2, 0.25) is 0 Å². The summed E-state index contributed by atoms with van der Waals surface area (Å²) < 4.78 is 2.16. The quantitative estimate of drug-likeness (QED) is 0.775. The fourth-order valence-electron chi connectivity index (χ4n) is 2.95. The molecule has 2 heterocycles. The summed E-state index contributed by atoms with van der Waals surface area (Å²) in [5.41, 5.74) is 0. The summed E-state index contributed by atoms with van der Waals surface area (Å²) in [6.45, 7) is 1.57. The normalized spacial score (nSPS) is 21.4. The van der Waals surface area contributed by atoms with Crippen molar-refractivity contribution in [3.63, 3.8) is 0 Å². The van der Waals surface area contributed by atoms with Gasteiger partial charge in [-0.3, -0.25) is 4.79 Å². The van der Waals surface area contributed by atoms with Crippen LogP contribution >= 0.6 is 0 Å². The topological polar surface area (TPSA) is 51.0 Å². The smallest absolute Gasteiger partial charge is 0.226 e. The molecule has 0 N–H and O–H groups in total. The second-order valence-electron chi connectivity index (χ2n) is 5.46. The van der Waals surface area contributed by atoms with Gasteiger partial charge in [0.1, 0.15) is 5.82 Å². The minimum absolute atomic E-state index is 0.149. The lowest BCUT2D eigenvalue weighted by molar-refractivity contribution is -0.135. The zero-order valence-electron chi connectivity index (χ0n) is 11.4. The van der Waals surface area contributed by atoms with Gasteiger partial charge < -0.3 is 9.47 Å². The van der Waals surface area contributed by atoms with Crippen LogP contribution in [0.5, 0.6) is 0 Å². The predicted octanol–water partition coefficient (Wildman–Crippen LogP) is 1.54. The van der Waals surface area contributed by atoms with E-state index in [0.717, 1.165) is 50.3 Å². The highest BCUT2D eigenvalue weighted by atomic mass is 16.2. The summed E-state index contributed by atoms with van der Waals surface area (Å²) in [7, 11) is 1.87. The number of carbonyl (C=O) groups excluding carboxylic acids is 1. The second-order valence-corrected chi connectivity index (χ2v) is 5.46. The van der Waals surface area contributed by atoms with Crippen molar-refractivity contribution in [2.75, 3.05) is 7.05 Å². The minimum atomic E-state index is 0.149. The van der Waals surface area contributed by atoms with E-state index >= 15 is 0 Å². The number of allylic oxidation sites excluding steroid dienone is 2. The van der Waals surface area contributed by atoms with Gasteiger partial charge in [0, 0.05) is 25.9 Å². The molecule has 0 radical (unpaired) electrons. The molecule has 0 aromatic carbocycles. The highest BCUT2D eigenvalue weighted by Gasteiger charge is 2.24. The van der Waals surface area contributed by atoms with Gasteiger partial charge in [0.25, 0.3) is 0 Å². The Morgan fingerprint density at radius 1 is 1.47 bits per heavy atom. The Hall–Kier alpha value is -1.65. The van der Waals surface area contributed by atoms with Crippen LogP contribution in [-0.2, 0) is 24.3 Å². The number of hydrogen-bond acceptors (Lipinski definition) is 3. The van der Waals surface area contributed by atoms with Crippen molar-refractivity contribution >= 4 is 5.91 Å². The van der Waals surface area contributed by atoms with Crippen LogP contribution in [0.1, 0.15) is 37.3 Å². The number of hydrogen-bond donors (Lipinski definition) is 0. The maximum atomic E-state index is 12.4. The first-order valence-electron chi connectivity index (χ1n) is 7.06. The Morgan fingerprint density at radius 2 is 2.37 bits per heavy atom. The fourth-order valence-corrected chi connectivity index (χ4v) is 2.95. The van der Waals surface area contributed by atoms with Crippen molar-refractivity contribution in [2.45, 2.75) is 45.2 Å². The first kappa shape index (κ1) is 12.4. The van der Waals surface area contributed by atoms with Gasteiger partial charge in [-0.25, -0.2) is 0 Å². The van der Waals surface area contributed by atoms with Gasteiger partial charge in [0.05, 0.1) is 6.54 Å². The van der Waals surface area contributed by atoms with Crippen molar-refractivity contribution in [3.05, 3.63) is 23.8 Å². The molecule has 0 fully saturated rings. The highest BCUT2D eigenvalue weighted by Crippen LogP contribution is 2.21. The molecule has 1 amide bonds. The van der Waals surface area contributed by atoms with Crippen molar-refractivity contribution < 1.29 is 4.79 Å². The number of carbonyl (C=O) groups is 1. The van der Waals surface area contributed by atoms with Gasteiger partial charge in [-0.2, -0.15) is 0 Å². The maximum absolute atomic E-state index is 12.4. The number of fused-ring (bicyclic) bond motifs is 1. The lowest BCUT2D eigenvalue weighted by atomic mass is 9.93. The van der Waals surface area contributed by atoms with Crippen molar-refractivity contribution in [3.8, 4) is 0 Å². The Kier molecular flexibility index (Phi) is 3.36. The summed E-state index contributed by atoms with van der Waals surface area (Å²) in [6.07, 6.45) is 9.30. The third kappa shape index (κ3) is 2.41. The molecule has 5 nitrogen and oxygen atoms in total. The lowest BCUT2D eigenvalue weighted by Gasteiger charge is -2.24. The summed E-state index contributed by atoms with van der Waals surface area (Å²) in [5.74, 6) is 2.38. The molecule has 1 aliphatic heterocycles. The summed E-state index contributed by atoms with van der Waals surface area (Å²) in [5, 5.41) is 8.40. The summed E-state index contributed by atoms with van der Waals surface area (Å²) in [6, 6.07) is 0. The average Bonchev–Trinajstić information content (AvgIpc) is 3.04. The lowest BCUT2D eigenvalue weighted by Crippen LogP contribution is -2.33. The number of nitrogens with zero attached hydrogens (tertiary/aromatic N) is 4. The van der Waals surface area contributed by atoms with E-state index in [9.17, 15) is 4.79 Å². The SMILES string of the molecule is CN(Cc1nnc2n1CCC2)C(=O)C1CC=CCC1. The van der Waals surface area contributed by atoms with Crippen LogP contribution in [-0.4, -0.2) is 32.6 Å². The van der Waals surface area contributed by atoms with E-state index < -0.39 is 0 Å². The van der Waals surface area contributed by atoms with E-state index in [0.29, 0.717) is 6.54 Å². The zero-order valence-corrected chi connectivity index (χ0v) is 11.4. The Morgan fingerprint density at radius 3 is 3.16 bits per heavy atom. The summed E-state index contributed by atoms with van der Waals surface area (Å²) >= 11 is 0. The van der Waals surface area contributed by atoms with Crippen LogP contribution < -0.4 is 0 Å². The molecule has 0 saturated carbocycles. The number of rotatable bonds is 3. The molecule has 1 aromatic heterocycles. The van der Waals surface area contributed by atoms with Crippen LogP contribution in [0, 0.1) is 5.92 Å². The van der Waals surface area contributed by atoms with E-state index in [-0.39, 0.29) is 11.8 Å². The first-order valence-corrected chi connectivity index (χ1v) is 7.06. The monoisotopic (exact) mass is 260 g/mol.